The summed E-state index contributed by atoms with van der Waals surface area (Å²) in [5.74, 6) is 2.05. The van der Waals surface area contributed by atoms with Gasteiger partial charge in [0.1, 0.15) is 0 Å². The molecule has 2 N–H and O–H groups in total. The molecule has 1 nitrogen and oxygen atoms in total. The molecule has 3 heteroatoms. The number of nitrogens with two attached hydrogens (primary N) is 1. The zero-order valence-electron chi connectivity index (χ0n) is 9.95. The molecular formula is C13H20ClNS. The number of hydrogen-bond donors (Lipinski definition) is 1. The van der Waals surface area contributed by atoms with Gasteiger partial charge in [-0.05, 0) is 42.5 Å². The van der Waals surface area contributed by atoms with Crippen molar-refractivity contribution in [1.29, 1.82) is 0 Å². The zero-order valence-corrected chi connectivity index (χ0v) is 11.5. The summed E-state index contributed by atoms with van der Waals surface area (Å²) < 4.78 is 0. The molecule has 2 rings (SSSR count). The van der Waals surface area contributed by atoms with Gasteiger partial charge in [0.2, 0.25) is 0 Å². The van der Waals surface area contributed by atoms with E-state index in [9.17, 15) is 0 Å². The lowest BCUT2D eigenvalue weighted by molar-refractivity contribution is 0.234. The average molecular weight is 258 g/mol. The molecule has 0 aromatic carbocycles. The van der Waals surface area contributed by atoms with Crippen LogP contribution in [0.1, 0.15) is 43.9 Å². The fraction of sp³-hybridized carbons (Fsp3) is 0.692. The Morgan fingerprint density at radius 1 is 1.44 bits per heavy atom. The van der Waals surface area contributed by atoms with Crippen LogP contribution in [0.4, 0.5) is 0 Å². The highest BCUT2D eigenvalue weighted by Gasteiger charge is 2.32. The molecule has 1 aromatic rings. The highest BCUT2D eigenvalue weighted by molar-refractivity contribution is 7.10. The van der Waals surface area contributed by atoms with E-state index in [2.05, 4.69) is 19.2 Å². The van der Waals surface area contributed by atoms with E-state index >= 15 is 0 Å². The minimum absolute atomic E-state index is 0.297. The van der Waals surface area contributed by atoms with Crippen molar-refractivity contribution in [2.45, 2.75) is 45.1 Å². The molecule has 0 saturated heterocycles. The van der Waals surface area contributed by atoms with Crippen molar-refractivity contribution in [3.05, 3.63) is 21.3 Å². The Labute approximate surface area is 107 Å². The molecule has 0 bridgehead atoms. The topological polar surface area (TPSA) is 26.0 Å². The summed E-state index contributed by atoms with van der Waals surface area (Å²) in [5, 5.41) is 2.98. The largest absolute Gasteiger partial charge is 0.327 e. The third-order valence-electron chi connectivity index (χ3n) is 3.87. The van der Waals surface area contributed by atoms with Gasteiger partial charge >= 0.3 is 0 Å². The number of hydrogen-bond acceptors (Lipinski definition) is 2. The van der Waals surface area contributed by atoms with Crippen LogP contribution in [-0.2, 0) is 0 Å². The fourth-order valence-corrected chi connectivity index (χ4v) is 4.09. The smallest absolute Gasteiger partial charge is 0.0548 e. The second kappa shape index (κ2) is 5.07. The van der Waals surface area contributed by atoms with E-state index in [1.54, 1.807) is 11.3 Å². The number of thiophene rings is 1. The second-order valence-electron chi connectivity index (χ2n) is 5.22. The molecule has 0 spiro atoms. The van der Waals surface area contributed by atoms with Crippen molar-refractivity contribution < 1.29 is 0 Å². The monoisotopic (exact) mass is 257 g/mol. The lowest BCUT2D eigenvalue weighted by Crippen LogP contribution is -2.35. The van der Waals surface area contributed by atoms with Crippen molar-refractivity contribution in [3.63, 3.8) is 0 Å². The Hall–Kier alpha value is -0.0500. The molecule has 0 amide bonds. The summed E-state index contributed by atoms with van der Waals surface area (Å²) >= 11 is 7.98. The van der Waals surface area contributed by atoms with Gasteiger partial charge in [0, 0.05) is 16.8 Å². The van der Waals surface area contributed by atoms with Gasteiger partial charge < -0.3 is 5.73 Å². The fourth-order valence-electron chi connectivity index (χ4n) is 2.70. The lowest BCUT2D eigenvalue weighted by atomic mass is 9.73. The summed E-state index contributed by atoms with van der Waals surface area (Å²) in [7, 11) is 0. The summed E-state index contributed by atoms with van der Waals surface area (Å²) in [5.41, 5.74) is 6.25. The Kier molecular flexibility index (Phi) is 3.93. The Balaban J connectivity index is 2.16. The Morgan fingerprint density at radius 3 is 2.75 bits per heavy atom. The van der Waals surface area contributed by atoms with Gasteiger partial charge in [0.05, 0.1) is 5.02 Å². The van der Waals surface area contributed by atoms with Crippen LogP contribution in [-0.4, -0.2) is 6.04 Å². The molecule has 0 radical (unpaired) electrons. The van der Waals surface area contributed by atoms with Crippen LogP contribution >= 0.6 is 22.9 Å². The first-order chi connectivity index (χ1) is 7.59. The molecular weight excluding hydrogens is 238 g/mol. The molecule has 1 aromatic heterocycles. The quantitative estimate of drug-likeness (QED) is 0.841. The predicted octanol–water partition coefficient (Wildman–Crippen LogP) is 4.27. The zero-order chi connectivity index (χ0) is 11.7. The van der Waals surface area contributed by atoms with Gasteiger partial charge in [-0.15, -0.1) is 11.3 Å². The average Bonchev–Trinajstić information content (AvgIpc) is 2.65. The standard InChI is InChI=1S/C13H20ClNS/c1-8(2)9-3-4-12(15)10(7-9)13-11(14)5-6-16-13/h5-6,8-10,12H,3-4,7,15H2,1-2H3. The van der Waals surface area contributed by atoms with Gasteiger partial charge in [-0.25, -0.2) is 0 Å². The van der Waals surface area contributed by atoms with Crippen LogP contribution in [0.3, 0.4) is 0 Å². The molecule has 1 saturated carbocycles. The molecule has 1 aliphatic rings. The van der Waals surface area contributed by atoms with Gasteiger partial charge in [-0.2, -0.15) is 0 Å². The maximum Gasteiger partial charge on any atom is 0.0548 e. The van der Waals surface area contributed by atoms with Crippen LogP contribution in [0.25, 0.3) is 0 Å². The van der Waals surface area contributed by atoms with E-state index in [1.165, 1.54) is 17.7 Å². The Bertz CT molecular complexity index is 347. The molecule has 16 heavy (non-hydrogen) atoms. The molecule has 3 unspecified atom stereocenters. The van der Waals surface area contributed by atoms with Gasteiger partial charge in [-0.1, -0.05) is 25.4 Å². The van der Waals surface area contributed by atoms with Crippen molar-refractivity contribution in [2.24, 2.45) is 17.6 Å². The SMILES string of the molecule is CC(C)C1CCC(N)C(c2sccc2Cl)C1. The summed E-state index contributed by atoms with van der Waals surface area (Å²) in [6.45, 7) is 4.63. The summed E-state index contributed by atoms with van der Waals surface area (Å²) in [6, 6.07) is 2.29. The second-order valence-corrected chi connectivity index (χ2v) is 6.58. The van der Waals surface area contributed by atoms with Crippen molar-refractivity contribution in [2.75, 3.05) is 0 Å². The third kappa shape index (κ3) is 2.44. The van der Waals surface area contributed by atoms with Crippen LogP contribution in [0.2, 0.25) is 5.02 Å². The third-order valence-corrected chi connectivity index (χ3v) is 5.36. The van der Waals surface area contributed by atoms with Crippen LogP contribution in [0.5, 0.6) is 0 Å². The lowest BCUT2D eigenvalue weighted by Gasteiger charge is -2.35. The van der Waals surface area contributed by atoms with E-state index in [0.717, 1.165) is 23.3 Å². The van der Waals surface area contributed by atoms with Crippen molar-refractivity contribution >= 4 is 22.9 Å². The molecule has 90 valence electrons. The van der Waals surface area contributed by atoms with Crippen molar-refractivity contribution in [3.8, 4) is 0 Å². The van der Waals surface area contributed by atoms with Gasteiger partial charge in [0.25, 0.3) is 0 Å². The maximum atomic E-state index is 6.25. The van der Waals surface area contributed by atoms with Gasteiger partial charge in [0.15, 0.2) is 0 Å². The van der Waals surface area contributed by atoms with E-state index in [4.69, 9.17) is 17.3 Å². The molecule has 1 fully saturated rings. The van der Waals surface area contributed by atoms with Gasteiger partial charge in [-0.3, -0.25) is 0 Å². The van der Waals surface area contributed by atoms with E-state index in [-0.39, 0.29) is 0 Å². The molecule has 3 atom stereocenters. The first-order valence-corrected chi connectivity index (χ1v) is 7.33. The first kappa shape index (κ1) is 12.4. The summed E-state index contributed by atoms with van der Waals surface area (Å²) in [6.07, 6.45) is 3.62. The normalized spacial score (nSPS) is 30.9. The van der Waals surface area contributed by atoms with E-state index < -0.39 is 0 Å². The minimum Gasteiger partial charge on any atom is -0.327 e. The van der Waals surface area contributed by atoms with Crippen LogP contribution in [0.15, 0.2) is 11.4 Å². The highest BCUT2D eigenvalue weighted by atomic mass is 35.5. The van der Waals surface area contributed by atoms with Crippen LogP contribution in [0, 0.1) is 11.8 Å². The highest BCUT2D eigenvalue weighted by Crippen LogP contribution is 2.42. The van der Waals surface area contributed by atoms with E-state index in [1.807, 2.05) is 6.07 Å². The molecule has 0 aliphatic heterocycles. The first-order valence-electron chi connectivity index (χ1n) is 6.08. The minimum atomic E-state index is 0.297. The van der Waals surface area contributed by atoms with Crippen molar-refractivity contribution in [1.82, 2.24) is 0 Å². The predicted molar refractivity (Wildman–Crippen MR) is 72.2 cm³/mol. The number of rotatable bonds is 2. The van der Waals surface area contributed by atoms with E-state index in [0.29, 0.717) is 12.0 Å². The molecule has 1 aliphatic carbocycles. The summed E-state index contributed by atoms with van der Waals surface area (Å²) in [4.78, 5) is 1.31. The van der Waals surface area contributed by atoms with Crippen LogP contribution < -0.4 is 5.73 Å². The number of halogens is 1. The Morgan fingerprint density at radius 2 is 2.19 bits per heavy atom. The molecule has 1 heterocycles. The maximum absolute atomic E-state index is 6.25.